The van der Waals surface area contributed by atoms with Gasteiger partial charge in [-0.05, 0) is 115 Å². The molecule has 233 valence electrons. The van der Waals surface area contributed by atoms with Crippen molar-refractivity contribution in [1.29, 1.82) is 0 Å². The smallest absolute Gasteiger partial charge is 0.0704 e. The van der Waals surface area contributed by atoms with Crippen molar-refractivity contribution in [3.05, 3.63) is 30.1 Å². The summed E-state index contributed by atoms with van der Waals surface area (Å²) in [7, 11) is -0.528. The van der Waals surface area contributed by atoms with E-state index < -0.39 is 0 Å². The van der Waals surface area contributed by atoms with Gasteiger partial charge in [0.05, 0.1) is 40.7 Å². The standard InChI is InChI=1S/C34H58N2P2.CHO.Ru.H/c1-5-16-31(17-6-1)37(32-18-7-2-8-19-32)27-25-36(29-30-15-13-14-24-35-30)26-28-38(33-20-9-3-10-21-33)34-22-11-4-12-23-34;1-2;;/h13-15,24,31-34H,1-12,16-23,25-29H2;1H;;/q;-1;+2;/p+2. The van der Waals surface area contributed by atoms with E-state index in [1.807, 2.05) is 6.20 Å². The van der Waals surface area contributed by atoms with Crippen LogP contribution in [0.1, 0.15) is 134 Å². The summed E-state index contributed by atoms with van der Waals surface area (Å²) >= 11 is 0. The third kappa shape index (κ3) is 11.9. The van der Waals surface area contributed by atoms with Crippen LogP contribution in [-0.4, -0.2) is 64.7 Å². The minimum absolute atomic E-state index is 0. The molecule has 1 heterocycles. The third-order valence-corrected chi connectivity index (χ3v) is 19.2. The second kappa shape index (κ2) is 21.1. The van der Waals surface area contributed by atoms with Crippen LogP contribution in [-0.2, 0) is 30.8 Å². The molecule has 1 aromatic heterocycles. The summed E-state index contributed by atoms with van der Waals surface area (Å²) in [6.45, 7) is 7.07. The first kappa shape index (κ1) is 35.7. The molecular formula is C35H62N2OP2Ru+3. The Morgan fingerprint density at radius 2 is 0.976 bits per heavy atom. The largest absolute Gasteiger partial charge is 0.290 e. The molecule has 0 aliphatic heterocycles. The van der Waals surface area contributed by atoms with Crippen molar-refractivity contribution in [2.24, 2.45) is 0 Å². The van der Waals surface area contributed by atoms with E-state index in [9.17, 15) is 0 Å². The van der Waals surface area contributed by atoms with Crippen molar-refractivity contribution in [3.63, 3.8) is 0 Å². The molecule has 3 nitrogen and oxygen atoms in total. The second-order valence-electron chi connectivity index (χ2n) is 13.6. The molecule has 4 aliphatic carbocycles. The van der Waals surface area contributed by atoms with Gasteiger partial charge in [-0.15, -0.1) is 0 Å². The third-order valence-electron chi connectivity index (χ3n) is 11.1. The Morgan fingerprint density at radius 3 is 1.29 bits per heavy atom. The SMILES string of the molecule is [CH-]=O.[RuH+2].c1ccc(CN(CC[PH+](C2CCCCC2)C2CCCCC2)CC[PH+](C2CCCCC2)C2CCCCC2)nc1. The van der Waals surface area contributed by atoms with E-state index in [1.54, 1.807) is 63.7 Å². The predicted molar refractivity (Wildman–Crippen MR) is 182 cm³/mol. The minimum atomic E-state index is -0.264. The molecule has 0 atom stereocenters. The first-order valence-electron chi connectivity index (χ1n) is 17.4. The average molecular weight is 690 g/mol. The van der Waals surface area contributed by atoms with Gasteiger partial charge < -0.3 is 4.79 Å². The zero-order valence-electron chi connectivity index (χ0n) is 26.1. The van der Waals surface area contributed by atoms with Crippen molar-refractivity contribution in [2.75, 3.05) is 25.4 Å². The van der Waals surface area contributed by atoms with Crippen LogP contribution in [0.15, 0.2) is 24.4 Å². The van der Waals surface area contributed by atoms with E-state index in [1.165, 1.54) is 95.8 Å². The van der Waals surface area contributed by atoms with Crippen LogP contribution < -0.4 is 0 Å². The van der Waals surface area contributed by atoms with Crippen LogP contribution in [0.25, 0.3) is 0 Å². The summed E-state index contributed by atoms with van der Waals surface area (Å²) in [5.41, 5.74) is 5.80. The Hall–Kier alpha value is 0.263. The zero-order valence-corrected chi connectivity index (χ0v) is 29.9. The summed E-state index contributed by atoms with van der Waals surface area (Å²) in [5, 5.41) is 0. The molecule has 5 rings (SSSR count). The van der Waals surface area contributed by atoms with Crippen molar-refractivity contribution >= 4 is 22.6 Å². The first-order chi connectivity index (χ1) is 19.9. The molecule has 4 aliphatic rings. The van der Waals surface area contributed by atoms with Crippen LogP contribution in [0, 0.1) is 0 Å². The van der Waals surface area contributed by atoms with Crippen molar-refractivity contribution in [3.8, 4) is 0 Å². The van der Waals surface area contributed by atoms with E-state index in [0.717, 1.165) is 29.2 Å². The zero-order chi connectivity index (χ0) is 27.8. The molecule has 4 saturated carbocycles. The average Bonchev–Trinajstić information content (AvgIpc) is 3.04. The summed E-state index contributed by atoms with van der Waals surface area (Å²) in [6.07, 6.45) is 35.9. The van der Waals surface area contributed by atoms with E-state index in [4.69, 9.17) is 9.78 Å². The van der Waals surface area contributed by atoms with Crippen LogP contribution in [0.3, 0.4) is 0 Å². The molecule has 1 aromatic rings. The van der Waals surface area contributed by atoms with E-state index in [-0.39, 0.29) is 35.3 Å². The van der Waals surface area contributed by atoms with Gasteiger partial charge in [0.2, 0.25) is 0 Å². The fraction of sp³-hybridized carbons (Fsp3) is 0.829. The second-order valence-corrected chi connectivity index (χ2v) is 20.2. The van der Waals surface area contributed by atoms with Crippen LogP contribution in [0.4, 0.5) is 0 Å². The molecule has 0 bridgehead atoms. The molecule has 41 heavy (non-hydrogen) atoms. The molecule has 6 heteroatoms. The fourth-order valence-corrected chi connectivity index (χ4v) is 17.7. The molecule has 0 radical (unpaired) electrons. The van der Waals surface area contributed by atoms with Crippen molar-refractivity contribution < 1.29 is 24.3 Å². The van der Waals surface area contributed by atoms with E-state index >= 15 is 0 Å². The van der Waals surface area contributed by atoms with Crippen molar-refractivity contribution in [1.82, 2.24) is 9.88 Å². The molecular weight excluding hydrogens is 627 g/mol. The molecule has 0 N–H and O–H groups in total. The van der Waals surface area contributed by atoms with Gasteiger partial charge >= 0.3 is 19.5 Å². The van der Waals surface area contributed by atoms with E-state index in [2.05, 4.69) is 29.9 Å². The Bertz CT molecular complexity index is 698. The molecule has 0 amide bonds. The number of carbonyl (C=O) groups excluding carboxylic acids is 1. The van der Waals surface area contributed by atoms with Gasteiger partial charge in [0.25, 0.3) is 0 Å². The Morgan fingerprint density at radius 1 is 0.610 bits per heavy atom. The van der Waals surface area contributed by atoms with Gasteiger partial charge in [-0.25, -0.2) is 0 Å². The molecule has 4 fully saturated rings. The van der Waals surface area contributed by atoms with Gasteiger partial charge in [0.15, 0.2) is 0 Å². The van der Waals surface area contributed by atoms with Crippen LogP contribution in [0.5, 0.6) is 0 Å². The maximum atomic E-state index is 7.75. The van der Waals surface area contributed by atoms with Gasteiger partial charge in [0.1, 0.15) is 0 Å². The van der Waals surface area contributed by atoms with Gasteiger partial charge in [-0.3, -0.25) is 16.7 Å². The van der Waals surface area contributed by atoms with Gasteiger partial charge in [-0.1, -0.05) is 31.7 Å². The van der Waals surface area contributed by atoms with E-state index in [0.29, 0.717) is 0 Å². The quantitative estimate of drug-likeness (QED) is 0.0951. The molecule has 0 unspecified atom stereocenters. The molecule has 0 spiro atoms. The Labute approximate surface area is 268 Å². The van der Waals surface area contributed by atoms with Gasteiger partial charge in [-0.2, -0.15) is 0 Å². The minimum Gasteiger partial charge on any atom is -0.290 e. The van der Waals surface area contributed by atoms with Crippen LogP contribution >= 0.6 is 15.8 Å². The maximum Gasteiger partial charge on any atom is 0.0704 e. The molecule has 0 aromatic carbocycles. The number of nitrogens with zero attached hydrogens (tertiary/aromatic N) is 2. The Balaban J connectivity index is 0.00000151. The topological polar surface area (TPSA) is 33.2 Å². The predicted octanol–water partition coefficient (Wildman–Crippen LogP) is 9.10. The number of hydrogen-bond donors (Lipinski definition) is 0. The number of pyridine rings is 1. The van der Waals surface area contributed by atoms with Gasteiger partial charge in [0, 0.05) is 41.7 Å². The molecule has 0 saturated heterocycles. The first-order valence-corrected chi connectivity index (χ1v) is 21.2. The fourth-order valence-electron chi connectivity index (χ4n) is 8.94. The summed E-state index contributed by atoms with van der Waals surface area (Å²) in [6, 6.07) is 6.59. The normalized spacial score (nSPS) is 21.9. The number of aromatic nitrogens is 1. The Kier molecular flexibility index (Phi) is 18.4. The summed E-state index contributed by atoms with van der Waals surface area (Å²) < 4.78 is 0. The maximum absolute atomic E-state index is 7.75. The number of hydrogen-bond acceptors (Lipinski definition) is 3. The summed E-state index contributed by atoms with van der Waals surface area (Å²) in [5.74, 6) is 0. The number of rotatable bonds is 12. The summed E-state index contributed by atoms with van der Waals surface area (Å²) in [4.78, 5) is 15.5. The van der Waals surface area contributed by atoms with Crippen LogP contribution in [0.2, 0.25) is 0 Å². The van der Waals surface area contributed by atoms with Crippen molar-refractivity contribution in [2.45, 2.75) is 158 Å². The monoisotopic (exact) mass is 690 g/mol.